The van der Waals surface area contributed by atoms with Crippen molar-refractivity contribution in [3.63, 3.8) is 0 Å². The average Bonchev–Trinajstić information content (AvgIpc) is 2.87. The van der Waals surface area contributed by atoms with Crippen LogP contribution in [0.15, 0.2) is 36.7 Å². The van der Waals surface area contributed by atoms with E-state index >= 15 is 0 Å². The van der Waals surface area contributed by atoms with E-state index in [1.807, 2.05) is 36.7 Å². The van der Waals surface area contributed by atoms with Crippen LogP contribution in [0.1, 0.15) is 38.1 Å². The van der Waals surface area contributed by atoms with Gasteiger partial charge in [-0.3, -0.25) is 4.79 Å². The lowest BCUT2D eigenvalue weighted by Gasteiger charge is -2.12. The van der Waals surface area contributed by atoms with Gasteiger partial charge in [-0.1, -0.05) is 26.0 Å². The second kappa shape index (κ2) is 9.55. The van der Waals surface area contributed by atoms with Gasteiger partial charge in [0, 0.05) is 30.5 Å². The number of amides is 1. The Morgan fingerprint density at radius 2 is 2.00 bits per heavy atom. The number of aromatic nitrogens is 2. The lowest BCUT2D eigenvalue weighted by atomic mass is 10.1. The molecule has 128 valence electrons. The first-order valence-electron chi connectivity index (χ1n) is 7.13. The van der Waals surface area contributed by atoms with E-state index in [9.17, 15) is 4.79 Å². The van der Waals surface area contributed by atoms with Gasteiger partial charge in [0.2, 0.25) is 5.91 Å². The van der Waals surface area contributed by atoms with Gasteiger partial charge in [0.15, 0.2) is 0 Å². The van der Waals surface area contributed by atoms with E-state index in [1.165, 1.54) is 0 Å². The molecule has 0 unspecified atom stereocenters. The summed E-state index contributed by atoms with van der Waals surface area (Å²) in [5.41, 5.74) is 7.43. The fourth-order valence-electron chi connectivity index (χ4n) is 2.16. The number of carbonyl (C=O) groups is 1. The zero-order chi connectivity index (χ0) is 15.4. The molecule has 0 aliphatic carbocycles. The van der Waals surface area contributed by atoms with Gasteiger partial charge in [0.25, 0.3) is 0 Å². The Morgan fingerprint density at radius 3 is 2.61 bits per heavy atom. The summed E-state index contributed by atoms with van der Waals surface area (Å²) < 4.78 is 2.12. The number of hydrogen-bond donors (Lipinski definition) is 2. The quantitative estimate of drug-likeness (QED) is 0.861. The second-order valence-corrected chi connectivity index (χ2v) is 5.55. The molecule has 0 aliphatic heterocycles. The molecule has 0 bridgehead atoms. The Kier molecular flexibility index (Phi) is 8.90. The molecule has 0 spiro atoms. The molecular formula is C16H24Cl2N4O. The molecule has 1 aromatic carbocycles. The molecule has 7 heteroatoms. The number of halogens is 2. The molecule has 2 aromatic rings. The van der Waals surface area contributed by atoms with Crippen LogP contribution < -0.4 is 11.1 Å². The Balaban J connectivity index is 0.00000242. The Labute approximate surface area is 149 Å². The molecular weight excluding hydrogens is 335 g/mol. The highest BCUT2D eigenvalue weighted by atomic mass is 35.5. The number of carbonyl (C=O) groups excluding carboxylic acids is 1. The molecule has 23 heavy (non-hydrogen) atoms. The van der Waals surface area contributed by atoms with Crippen molar-refractivity contribution < 1.29 is 4.79 Å². The third-order valence-electron chi connectivity index (χ3n) is 3.23. The summed E-state index contributed by atoms with van der Waals surface area (Å²) in [5, 5.41) is 2.81. The molecule has 5 nitrogen and oxygen atoms in total. The third kappa shape index (κ3) is 5.86. The first-order valence-corrected chi connectivity index (χ1v) is 7.13. The van der Waals surface area contributed by atoms with Crippen LogP contribution in [0.2, 0.25) is 0 Å². The van der Waals surface area contributed by atoms with E-state index in [4.69, 9.17) is 5.73 Å². The molecule has 3 N–H and O–H groups in total. The number of imidazole rings is 1. The molecule has 1 heterocycles. The van der Waals surface area contributed by atoms with Crippen LogP contribution in [-0.4, -0.2) is 21.5 Å². The minimum absolute atomic E-state index is 0. The number of hydrogen-bond acceptors (Lipinski definition) is 3. The van der Waals surface area contributed by atoms with Crippen molar-refractivity contribution in [2.45, 2.75) is 39.3 Å². The predicted molar refractivity (Wildman–Crippen MR) is 98.6 cm³/mol. The van der Waals surface area contributed by atoms with Crippen molar-refractivity contribution in [1.29, 1.82) is 0 Å². The molecule has 0 saturated heterocycles. The Bertz CT molecular complexity index is 626. The topological polar surface area (TPSA) is 72.9 Å². The molecule has 0 aliphatic rings. The van der Waals surface area contributed by atoms with Crippen molar-refractivity contribution in [3.05, 3.63) is 48.0 Å². The number of anilines is 1. The van der Waals surface area contributed by atoms with Gasteiger partial charge in [-0.15, -0.1) is 24.8 Å². The van der Waals surface area contributed by atoms with Gasteiger partial charge in [0.05, 0.1) is 6.04 Å². The van der Waals surface area contributed by atoms with Crippen molar-refractivity contribution >= 4 is 36.4 Å². The van der Waals surface area contributed by atoms with Crippen LogP contribution in [0.25, 0.3) is 0 Å². The summed E-state index contributed by atoms with van der Waals surface area (Å²) in [4.78, 5) is 16.0. The van der Waals surface area contributed by atoms with E-state index in [1.54, 1.807) is 6.92 Å². The van der Waals surface area contributed by atoms with E-state index < -0.39 is 6.04 Å². The fraction of sp³-hybridized carbons (Fsp3) is 0.375. The second-order valence-electron chi connectivity index (χ2n) is 5.55. The van der Waals surface area contributed by atoms with E-state index in [0.29, 0.717) is 5.92 Å². The summed E-state index contributed by atoms with van der Waals surface area (Å²) in [6.45, 7) is 6.64. The highest BCUT2D eigenvalue weighted by molar-refractivity contribution is 5.94. The molecule has 2 rings (SSSR count). The Morgan fingerprint density at radius 1 is 1.30 bits per heavy atom. The van der Waals surface area contributed by atoms with Gasteiger partial charge in [-0.2, -0.15) is 0 Å². The standard InChI is InChI=1S/C16H22N4O.2ClH/c1-11(2)15-18-7-8-20(15)10-13-5-4-6-14(9-13)19-16(21)12(3)17;;/h4-9,11-12H,10,17H2,1-3H3,(H,19,21);2*1H/t12-;;/m1../s1. The van der Waals surface area contributed by atoms with Crippen molar-refractivity contribution in [1.82, 2.24) is 9.55 Å². The highest BCUT2D eigenvalue weighted by Crippen LogP contribution is 2.16. The fourth-order valence-corrected chi connectivity index (χ4v) is 2.16. The summed E-state index contributed by atoms with van der Waals surface area (Å²) in [5.74, 6) is 1.25. The number of nitrogens with two attached hydrogens (primary N) is 1. The first kappa shape index (κ1) is 21.4. The van der Waals surface area contributed by atoms with E-state index in [2.05, 4.69) is 28.7 Å². The van der Waals surface area contributed by atoms with Crippen LogP contribution in [0.4, 0.5) is 5.69 Å². The largest absolute Gasteiger partial charge is 0.330 e. The normalized spacial score (nSPS) is 11.3. The van der Waals surface area contributed by atoms with Crippen molar-refractivity contribution in [2.75, 3.05) is 5.32 Å². The van der Waals surface area contributed by atoms with Gasteiger partial charge >= 0.3 is 0 Å². The Hall–Kier alpha value is -1.56. The van der Waals surface area contributed by atoms with E-state index in [0.717, 1.165) is 23.6 Å². The number of benzene rings is 1. The SMILES string of the molecule is CC(C)c1nccn1Cc1cccc(NC(=O)[C@@H](C)N)c1.Cl.Cl. The molecule has 1 atom stereocenters. The number of rotatable bonds is 5. The van der Waals surface area contributed by atoms with Gasteiger partial charge < -0.3 is 15.6 Å². The third-order valence-corrected chi connectivity index (χ3v) is 3.23. The molecule has 0 saturated carbocycles. The molecule has 0 radical (unpaired) electrons. The maximum atomic E-state index is 11.6. The highest BCUT2D eigenvalue weighted by Gasteiger charge is 2.09. The average molecular weight is 359 g/mol. The van der Waals surface area contributed by atoms with Crippen LogP contribution in [-0.2, 0) is 11.3 Å². The predicted octanol–water partition coefficient (Wildman–Crippen LogP) is 3.18. The number of nitrogens with zero attached hydrogens (tertiary/aromatic N) is 2. The summed E-state index contributed by atoms with van der Waals surface area (Å²) in [6.07, 6.45) is 3.79. The molecule has 0 fully saturated rings. The van der Waals surface area contributed by atoms with Crippen LogP contribution in [0, 0.1) is 0 Å². The zero-order valence-corrected chi connectivity index (χ0v) is 15.2. The summed E-state index contributed by atoms with van der Waals surface area (Å²) in [7, 11) is 0. The van der Waals surface area contributed by atoms with E-state index in [-0.39, 0.29) is 30.7 Å². The smallest absolute Gasteiger partial charge is 0.240 e. The van der Waals surface area contributed by atoms with Crippen molar-refractivity contribution in [3.8, 4) is 0 Å². The van der Waals surface area contributed by atoms with Crippen LogP contribution in [0.5, 0.6) is 0 Å². The van der Waals surface area contributed by atoms with Crippen LogP contribution in [0.3, 0.4) is 0 Å². The first-order chi connectivity index (χ1) is 9.97. The maximum absolute atomic E-state index is 11.6. The van der Waals surface area contributed by atoms with Crippen molar-refractivity contribution in [2.24, 2.45) is 5.73 Å². The minimum Gasteiger partial charge on any atom is -0.330 e. The van der Waals surface area contributed by atoms with Gasteiger partial charge in [-0.05, 0) is 24.6 Å². The minimum atomic E-state index is -0.519. The van der Waals surface area contributed by atoms with Crippen LogP contribution >= 0.6 is 24.8 Å². The number of nitrogens with one attached hydrogen (secondary N) is 1. The summed E-state index contributed by atoms with van der Waals surface area (Å²) >= 11 is 0. The monoisotopic (exact) mass is 358 g/mol. The van der Waals surface area contributed by atoms with Gasteiger partial charge in [0.1, 0.15) is 5.82 Å². The lowest BCUT2D eigenvalue weighted by molar-refractivity contribution is -0.117. The molecule has 1 aromatic heterocycles. The lowest BCUT2D eigenvalue weighted by Crippen LogP contribution is -2.32. The maximum Gasteiger partial charge on any atom is 0.240 e. The summed E-state index contributed by atoms with van der Waals surface area (Å²) in [6, 6.07) is 7.27. The van der Waals surface area contributed by atoms with Gasteiger partial charge in [-0.25, -0.2) is 4.98 Å². The zero-order valence-electron chi connectivity index (χ0n) is 13.5. The molecule has 1 amide bonds.